The quantitative estimate of drug-likeness (QED) is 0.918. The number of nitrogens with two attached hydrogens (primary N) is 1. The Morgan fingerprint density at radius 1 is 1.44 bits per heavy atom. The van der Waals surface area contributed by atoms with Crippen molar-refractivity contribution in [2.45, 2.75) is 25.7 Å². The van der Waals surface area contributed by atoms with Crippen LogP contribution in [0.3, 0.4) is 0 Å². The molecule has 0 bridgehead atoms. The molecule has 18 heavy (non-hydrogen) atoms. The molecule has 0 saturated heterocycles. The lowest BCUT2D eigenvalue weighted by Crippen LogP contribution is -2.02. The SMILES string of the molecule is CC(CCCN)c1nc(-c2ccc(Br)cn2)no1. The molecule has 6 heteroatoms. The highest BCUT2D eigenvalue weighted by Crippen LogP contribution is 2.22. The number of aromatic nitrogens is 3. The van der Waals surface area contributed by atoms with Crippen molar-refractivity contribution >= 4 is 15.9 Å². The van der Waals surface area contributed by atoms with Crippen molar-refractivity contribution in [2.75, 3.05) is 6.54 Å². The smallest absolute Gasteiger partial charge is 0.229 e. The third-order valence-electron chi connectivity index (χ3n) is 2.66. The summed E-state index contributed by atoms with van der Waals surface area (Å²) in [6, 6.07) is 3.75. The lowest BCUT2D eigenvalue weighted by Gasteiger charge is -2.03. The van der Waals surface area contributed by atoms with Crippen LogP contribution >= 0.6 is 15.9 Å². The predicted molar refractivity (Wildman–Crippen MR) is 71.9 cm³/mol. The van der Waals surface area contributed by atoms with Crippen molar-refractivity contribution in [1.82, 2.24) is 15.1 Å². The highest BCUT2D eigenvalue weighted by molar-refractivity contribution is 9.10. The molecule has 2 N–H and O–H groups in total. The standard InChI is InChI=1S/C12H15BrN4O/c1-8(3-2-6-14)12-16-11(17-18-12)10-5-4-9(13)7-15-10/h4-5,7-8H,2-3,6,14H2,1H3. The minimum Gasteiger partial charge on any atom is -0.339 e. The van der Waals surface area contributed by atoms with Crippen molar-refractivity contribution in [3.8, 4) is 11.5 Å². The summed E-state index contributed by atoms with van der Waals surface area (Å²) in [6.07, 6.45) is 3.62. The Labute approximate surface area is 114 Å². The average Bonchev–Trinajstić information content (AvgIpc) is 2.86. The minimum atomic E-state index is 0.227. The van der Waals surface area contributed by atoms with Crippen LogP contribution in [0.5, 0.6) is 0 Å². The van der Waals surface area contributed by atoms with Gasteiger partial charge < -0.3 is 10.3 Å². The molecule has 5 nitrogen and oxygen atoms in total. The Bertz CT molecular complexity index is 497. The van der Waals surface area contributed by atoms with E-state index in [0.717, 1.165) is 17.3 Å². The van der Waals surface area contributed by atoms with Crippen LogP contribution < -0.4 is 5.73 Å². The van der Waals surface area contributed by atoms with Crippen molar-refractivity contribution in [2.24, 2.45) is 5.73 Å². The van der Waals surface area contributed by atoms with E-state index in [2.05, 4.69) is 38.0 Å². The van der Waals surface area contributed by atoms with E-state index in [0.29, 0.717) is 24.0 Å². The van der Waals surface area contributed by atoms with E-state index in [-0.39, 0.29) is 5.92 Å². The molecule has 2 rings (SSSR count). The van der Waals surface area contributed by atoms with Gasteiger partial charge in [-0.1, -0.05) is 12.1 Å². The van der Waals surface area contributed by atoms with E-state index < -0.39 is 0 Å². The molecule has 0 amide bonds. The van der Waals surface area contributed by atoms with Crippen LogP contribution in [0.4, 0.5) is 0 Å². The second kappa shape index (κ2) is 6.06. The van der Waals surface area contributed by atoms with E-state index in [4.69, 9.17) is 10.3 Å². The second-order valence-corrected chi connectivity index (χ2v) is 5.07. The first-order chi connectivity index (χ1) is 8.70. The first-order valence-corrected chi connectivity index (χ1v) is 6.65. The summed E-state index contributed by atoms with van der Waals surface area (Å²) >= 11 is 3.34. The minimum absolute atomic E-state index is 0.227. The Hall–Kier alpha value is -1.27. The number of halogens is 1. The molecule has 1 atom stereocenters. The summed E-state index contributed by atoms with van der Waals surface area (Å²) in [6.45, 7) is 2.74. The zero-order valence-electron chi connectivity index (χ0n) is 10.1. The molecular weight excluding hydrogens is 296 g/mol. The van der Waals surface area contributed by atoms with Crippen LogP contribution in [-0.4, -0.2) is 21.7 Å². The lowest BCUT2D eigenvalue weighted by atomic mass is 10.1. The van der Waals surface area contributed by atoms with E-state index in [1.54, 1.807) is 6.20 Å². The molecule has 0 aromatic carbocycles. The van der Waals surface area contributed by atoms with Crippen molar-refractivity contribution in [3.63, 3.8) is 0 Å². The third-order valence-corrected chi connectivity index (χ3v) is 3.13. The van der Waals surface area contributed by atoms with E-state index in [1.807, 2.05) is 12.1 Å². The zero-order chi connectivity index (χ0) is 13.0. The summed E-state index contributed by atoms with van der Waals surface area (Å²) in [5.41, 5.74) is 6.19. The van der Waals surface area contributed by atoms with Crippen LogP contribution in [0.1, 0.15) is 31.6 Å². The maximum atomic E-state index is 5.48. The number of hydrogen-bond donors (Lipinski definition) is 1. The van der Waals surface area contributed by atoms with Gasteiger partial charge in [0.25, 0.3) is 0 Å². The highest BCUT2D eigenvalue weighted by Gasteiger charge is 2.15. The molecular formula is C12H15BrN4O. The number of hydrogen-bond acceptors (Lipinski definition) is 5. The van der Waals surface area contributed by atoms with Crippen LogP contribution in [-0.2, 0) is 0 Å². The van der Waals surface area contributed by atoms with Gasteiger partial charge in [-0.25, -0.2) is 0 Å². The van der Waals surface area contributed by atoms with Crippen molar-refractivity contribution < 1.29 is 4.52 Å². The van der Waals surface area contributed by atoms with Crippen LogP contribution in [0.2, 0.25) is 0 Å². The molecule has 2 aromatic heterocycles. The fourth-order valence-electron chi connectivity index (χ4n) is 1.60. The first kappa shape index (κ1) is 13.2. The molecule has 2 heterocycles. The van der Waals surface area contributed by atoms with Gasteiger partial charge in [-0.3, -0.25) is 4.98 Å². The zero-order valence-corrected chi connectivity index (χ0v) is 11.7. The average molecular weight is 311 g/mol. The third kappa shape index (κ3) is 3.14. The van der Waals surface area contributed by atoms with Gasteiger partial charge in [0.2, 0.25) is 11.7 Å². The van der Waals surface area contributed by atoms with Gasteiger partial charge in [-0.05, 0) is 47.4 Å². The monoisotopic (exact) mass is 310 g/mol. The largest absolute Gasteiger partial charge is 0.339 e. The summed E-state index contributed by atoms with van der Waals surface area (Å²) in [7, 11) is 0. The summed E-state index contributed by atoms with van der Waals surface area (Å²) < 4.78 is 6.18. The fourth-order valence-corrected chi connectivity index (χ4v) is 1.83. The molecule has 0 radical (unpaired) electrons. The number of pyridine rings is 1. The van der Waals surface area contributed by atoms with E-state index >= 15 is 0 Å². The molecule has 0 aliphatic rings. The summed E-state index contributed by atoms with van der Waals surface area (Å²) in [5.74, 6) is 1.39. The van der Waals surface area contributed by atoms with E-state index in [1.165, 1.54) is 0 Å². The lowest BCUT2D eigenvalue weighted by molar-refractivity contribution is 0.352. The highest BCUT2D eigenvalue weighted by atomic mass is 79.9. The normalized spacial score (nSPS) is 12.6. The first-order valence-electron chi connectivity index (χ1n) is 5.86. The van der Waals surface area contributed by atoms with Gasteiger partial charge in [0.1, 0.15) is 5.69 Å². The predicted octanol–water partition coefficient (Wildman–Crippen LogP) is 2.74. The van der Waals surface area contributed by atoms with Gasteiger partial charge in [0.15, 0.2) is 0 Å². The van der Waals surface area contributed by atoms with Gasteiger partial charge in [0, 0.05) is 16.6 Å². The number of rotatable bonds is 5. The molecule has 2 aromatic rings. The maximum absolute atomic E-state index is 5.48. The molecule has 0 spiro atoms. The topological polar surface area (TPSA) is 77.8 Å². The Morgan fingerprint density at radius 3 is 2.94 bits per heavy atom. The molecule has 0 saturated carbocycles. The fraction of sp³-hybridized carbons (Fsp3) is 0.417. The van der Waals surface area contributed by atoms with Gasteiger partial charge >= 0.3 is 0 Å². The van der Waals surface area contributed by atoms with Crippen molar-refractivity contribution in [1.29, 1.82) is 0 Å². The van der Waals surface area contributed by atoms with Gasteiger partial charge in [-0.2, -0.15) is 4.98 Å². The van der Waals surface area contributed by atoms with Crippen LogP contribution in [0, 0.1) is 0 Å². The maximum Gasteiger partial charge on any atom is 0.229 e. The Kier molecular flexibility index (Phi) is 4.43. The number of nitrogens with zero attached hydrogens (tertiary/aromatic N) is 3. The summed E-state index contributed by atoms with van der Waals surface area (Å²) in [4.78, 5) is 8.60. The van der Waals surface area contributed by atoms with Crippen LogP contribution in [0.15, 0.2) is 27.3 Å². The molecule has 0 aliphatic carbocycles. The molecule has 1 unspecified atom stereocenters. The van der Waals surface area contributed by atoms with Gasteiger partial charge in [0.05, 0.1) is 0 Å². The van der Waals surface area contributed by atoms with Crippen LogP contribution in [0.25, 0.3) is 11.5 Å². The van der Waals surface area contributed by atoms with Gasteiger partial charge in [-0.15, -0.1) is 0 Å². The Balaban J connectivity index is 2.12. The summed E-state index contributed by atoms with van der Waals surface area (Å²) in [5, 5.41) is 3.95. The molecule has 0 aliphatic heterocycles. The molecule has 0 fully saturated rings. The second-order valence-electron chi connectivity index (χ2n) is 4.15. The van der Waals surface area contributed by atoms with E-state index in [9.17, 15) is 0 Å². The Morgan fingerprint density at radius 2 is 2.28 bits per heavy atom. The van der Waals surface area contributed by atoms with Crippen molar-refractivity contribution in [3.05, 3.63) is 28.7 Å². The molecule has 96 valence electrons.